The van der Waals surface area contributed by atoms with Gasteiger partial charge < -0.3 is 19.3 Å². The zero-order valence-corrected chi connectivity index (χ0v) is 15.8. The molecule has 2 rings (SSSR count). The Bertz CT molecular complexity index is 629. The SMILES string of the molecule is CCOc1cc(C(=O)N2CCN(C(=O)C(C)(C)C)CC2)ccc1OC. The van der Waals surface area contributed by atoms with Crippen LogP contribution in [0.1, 0.15) is 38.1 Å². The minimum Gasteiger partial charge on any atom is -0.493 e. The van der Waals surface area contributed by atoms with Crippen molar-refractivity contribution >= 4 is 11.8 Å². The maximum atomic E-state index is 12.8. The maximum Gasteiger partial charge on any atom is 0.254 e. The molecule has 1 fully saturated rings. The molecule has 0 aromatic heterocycles. The van der Waals surface area contributed by atoms with Gasteiger partial charge in [-0.05, 0) is 25.1 Å². The number of ether oxygens (including phenoxy) is 2. The number of benzene rings is 1. The van der Waals surface area contributed by atoms with E-state index in [0.29, 0.717) is 49.8 Å². The van der Waals surface area contributed by atoms with Crippen molar-refractivity contribution in [1.29, 1.82) is 0 Å². The lowest BCUT2D eigenvalue weighted by Crippen LogP contribution is -2.53. The second kappa shape index (κ2) is 7.76. The molecule has 6 nitrogen and oxygen atoms in total. The van der Waals surface area contributed by atoms with Crippen molar-refractivity contribution < 1.29 is 19.1 Å². The molecular formula is C19H28N2O4. The fraction of sp³-hybridized carbons (Fsp3) is 0.579. The molecule has 0 atom stereocenters. The van der Waals surface area contributed by atoms with Gasteiger partial charge in [0.25, 0.3) is 5.91 Å². The van der Waals surface area contributed by atoms with Gasteiger partial charge in [-0.3, -0.25) is 9.59 Å². The molecule has 25 heavy (non-hydrogen) atoms. The summed E-state index contributed by atoms with van der Waals surface area (Å²) in [5.74, 6) is 1.26. The van der Waals surface area contributed by atoms with Crippen LogP contribution >= 0.6 is 0 Å². The van der Waals surface area contributed by atoms with Gasteiger partial charge in [-0.15, -0.1) is 0 Å². The Morgan fingerprint density at radius 1 is 1.04 bits per heavy atom. The molecule has 2 amide bonds. The van der Waals surface area contributed by atoms with Crippen LogP contribution in [0.3, 0.4) is 0 Å². The molecule has 0 spiro atoms. The van der Waals surface area contributed by atoms with Crippen molar-refractivity contribution in [3.63, 3.8) is 0 Å². The van der Waals surface area contributed by atoms with E-state index in [9.17, 15) is 9.59 Å². The Morgan fingerprint density at radius 3 is 2.16 bits per heavy atom. The molecule has 0 aliphatic carbocycles. The third-order valence-electron chi connectivity index (χ3n) is 4.21. The molecular weight excluding hydrogens is 320 g/mol. The molecule has 6 heteroatoms. The number of methoxy groups -OCH3 is 1. The van der Waals surface area contributed by atoms with E-state index in [1.165, 1.54) is 0 Å². The average Bonchev–Trinajstić information content (AvgIpc) is 2.60. The Hall–Kier alpha value is -2.24. The van der Waals surface area contributed by atoms with Gasteiger partial charge in [-0.1, -0.05) is 20.8 Å². The van der Waals surface area contributed by atoms with Crippen LogP contribution < -0.4 is 9.47 Å². The minimum absolute atomic E-state index is 0.0496. The third-order valence-corrected chi connectivity index (χ3v) is 4.21. The molecule has 0 unspecified atom stereocenters. The van der Waals surface area contributed by atoms with Crippen molar-refractivity contribution in [1.82, 2.24) is 9.80 Å². The Morgan fingerprint density at radius 2 is 1.64 bits per heavy atom. The zero-order chi connectivity index (χ0) is 18.6. The van der Waals surface area contributed by atoms with E-state index in [-0.39, 0.29) is 11.8 Å². The van der Waals surface area contributed by atoms with Gasteiger partial charge >= 0.3 is 0 Å². The standard InChI is InChI=1S/C19H28N2O4/c1-6-25-16-13-14(7-8-15(16)24-5)17(22)20-9-11-21(12-10-20)18(23)19(2,3)4/h7-8,13H,6,9-12H2,1-5H3. The largest absolute Gasteiger partial charge is 0.493 e. The van der Waals surface area contributed by atoms with Crippen LogP contribution in [0.25, 0.3) is 0 Å². The van der Waals surface area contributed by atoms with Crippen molar-refractivity contribution in [2.75, 3.05) is 39.9 Å². The van der Waals surface area contributed by atoms with Gasteiger partial charge in [-0.25, -0.2) is 0 Å². The van der Waals surface area contributed by atoms with Gasteiger partial charge in [0.2, 0.25) is 5.91 Å². The lowest BCUT2D eigenvalue weighted by molar-refractivity contribution is -0.140. The summed E-state index contributed by atoms with van der Waals surface area (Å²) in [6, 6.07) is 5.21. The molecule has 1 heterocycles. The number of nitrogens with zero attached hydrogens (tertiary/aromatic N) is 2. The van der Waals surface area contributed by atoms with Gasteiger partial charge in [0, 0.05) is 37.2 Å². The van der Waals surface area contributed by atoms with Crippen LogP contribution in [-0.2, 0) is 4.79 Å². The number of carbonyl (C=O) groups excluding carboxylic acids is 2. The van der Waals surface area contributed by atoms with E-state index < -0.39 is 5.41 Å². The summed E-state index contributed by atoms with van der Waals surface area (Å²) in [6.07, 6.45) is 0. The van der Waals surface area contributed by atoms with Crippen LogP contribution in [0, 0.1) is 5.41 Å². The number of amides is 2. The van der Waals surface area contributed by atoms with Crippen molar-refractivity contribution in [2.45, 2.75) is 27.7 Å². The predicted octanol–water partition coefficient (Wildman–Crippen LogP) is 2.42. The number of piperazine rings is 1. The predicted molar refractivity (Wildman–Crippen MR) is 96.1 cm³/mol. The monoisotopic (exact) mass is 348 g/mol. The Balaban J connectivity index is 2.05. The van der Waals surface area contributed by atoms with E-state index in [1.54, 1.807) is 30.2 Å². The topological polar surface area (TPSA) is 59.1 Å². The highest BCUT2D eigenvalue weighted by Gasteiger charge is 2.31. The summed E-state index contributed by atoms with van der Waals surface area (Å²) in [7, 11) is 1.57. The van der Waals surface area contributed by atoms with Crippen molar-refractivity contribution in [2.24, 2.45) is 5.41 Å². The quantitative estimate of drug-likeness (QED) is 0.838. The van der Waals surface area contributed by atoms with E-state index in [1.807, 2.05) is 32.6 Å². The fourth-order valence-corrected chi connectivity index (χ4v) is 2.85. The third kappa shape index (κ3) is 4.44. The molecule has 0 radical (unpaired) electrons. The van der Waals surface area contributed by atoms with Gasteiger partial charge in [0.1, 0.15) is 0 Å². The van der Waals surface area contributed by atoms with Crippen LogP contribution in [0.5, 0.6) is 11.5 Å². The molecule has 1 aromatic rings. The normalized spacial score (nSPS) is 15.1. The first-order valence-corrected chi connectivity index (χ1v) is 8.67. The summed E-state index contributed by atoms with van der Waals surface area (Å²) in [6.45, 7) is 10.3. The molecule has 0 bridgehead atoms. The second-order valence-electron chi connectivity index (χ2n) is 7.13. The average molecular weight is 348 g/mol. The number of hydrogen-bond donors (Lipinski definition) is 0. The van der Waals surface area contributed by atoms with E-state index in [0.717, 1.165) is 0 Å². The first-order valence-electron chi connectivity index (χ1n) is 8.67. The smallest absolute Gasteiger partial charge is 0.254 e. The molecule has 1 saturated heterocycles. The number of carbonyl (C=O) groups is 2. The highest BCUT2D eigenvalue weighted by atomic mass is 16.5. The number of hydrogen-bond acceptors (Lipinski definition) is 4. The Labute approximate surface area is 149 Å². The Kier molecular flexibility index (Phi) is 5.93. The van der Waals surface area contributed by atoms with Gasteiger partial charge in [-0.2, -0.15) is 0 Å². The summed E-state index contributed by atoms with van der Waals surface area (Å²) in [5.41, 5.74) is 0.175. The fourth-order valence-electron chi connectivity index (χ4n) is 2.85. The highest BCUT2D eigenvalue weighted by molar-refractivity contribution is 5.95. The molecule has 1 aromatic carbocycles. The van der Waals surface area contributed by atoms with E-state index in [2.05, 4.69) is 0 Å². The van der Waals surface area contributed by atoms with Gasteiger partial charge in [0.15, 0.2) is 11.5 Å². The first-order chi connectivity index (χ1) is 11.8. The molecule has 138 valence electrons. The maximum absolute atomic E-state index is 12.8. The van der Waals surface area contributed by atoms with Crippen LogP contribution in [-0.4, -0.2) is 61.5 Å². The van der Waals surface area contributed by atoms with Crippen LogP contribution in [0.4, 0.5) is 0 Å². The summed E-state index contributed by atoms with van der Waals surface area (Å²) >= 11 is 0. The van der Waals surface area contributed by atoms with Crippen LogP contribution in [0.2, 0.25) is 0 Å². The van der Waals surface area contributed by atoms with E-state index in [4.69, 9.17) is 9.47 Å². The summed E-state index contributed by atoms with van der Waals surface area (Å²) in [5, 5.41) is 0. The molecule has 0 saturated carbocycles. The van der Waals surface area contributed by atoms with E-state index >= 15 is 0 Å². The number of rotatable bonds is 4. The summed E-state index contributed by atoms with van der Waals surface area (Å²) in [4.78, 5) is 28.7. The lowest BCUT2D eigenvalue weighted by Gasteiger charge is -2.37. The molecule has 1 aliphatic rings. The van der Waals surface area contributed by atoms with Crippen LogP contribution in [0.15, 0.2) is 18.2 Å². The highest BCUT2D eigenvalue weighted by Crippen LogP contribution is 2.29. The molecule has 0 N–H and O–H groups in total. The van der Waals surface area contributed by atoms with Crippen molar-refractivity contribution in [3.05, 3.63) is 23.8 Å². The summed E-state index contributed by atoms with van der Waals surface area (Å²) < 4.78 is 10.8. The zero-order valence-electron chi connectivity index (χ0n) is 15.8. The minimum atomic E-state index is -0.394. The van der Waals surface area contributed by atoms with Crippen molar-refractivity contribution in [3.8, 4) is 11.5 Å². The molecule has 1 aliphatic heterocycles. The lowest BCUT2D eigenvalue weighted by atomic mass is 9.94. The second-order valence-corrected chi connectivity index (χ2v) is 7.13. The first kappa shape index (κ1) is 19.1. The van der Waals surface area contributed by atoms with Gasteiger partial charge in [0.05, 0.1) is 13.7 Å².